The van der Waals surface area contributed by atoms with E-state index in [0.717, 1.165) is 16.7 Å². The second-order valence-corrected chi connectivity index (χ2v) is 10.3. The van der Waals surface area contributed by atoms with E-state index in [1.807, 2.05) is 24.3 Å². The van der Waals surface area contributed by atoms with Crippen molar-refractivity contribution >= 4 is 58.3 Å². The van der Waals surface area contributed by atoms with Crippen LogP contribution < -0.4 is 9.47 Å². The molecule has 2 aromatic carbocycles. The molecule has 3 heterocycles. The van der Waals surface area contributed by atoms with Gasteiger partial charge in [-0.05, 0) is 65.9 Å². The predicted molar refractivity (Wildman–Crippen MR) is 158 cm³/mol. The zero-order chi connectivity index (χ0) is 27.9. The van der Waals surface area contributed by atoms with Gasteiger partial charge in [-0.15, -0.1) is 5.10 Å². The second-order valence-electron chi connectivity index (χ2n) is 8.43. The molecule has 11 heteroatoms. The number of amides is 1. The van der Waals surface area contributed by atoms with Crippen LogP contribution in [0, 0.1) is 0 Å². The average Bonchev–Trinajstić information content (AvgIpc) is 3.58. The highest BCUT2D eigenvalue weighted by Gasteiger charge is 2.34. The maximum Gasteiger partial charge on any atom is 0.267 e. The lowest BCUT2D eigenvalue weighted by Gasteiger charge is -2.13. The number of ether oxygens (including phenoxy) is 2. The molecule has 4 aromatic rings. The summed E-state index contributed by atoms with van der Waals surface area (Å²) in [6.07, 6.45) is 8.28. The molecule has 1 amide bonds. The highest BCUT2D eigenvalue weighted by Crippen LogP contribution is 2.36. The van der Waals surface area contributed by atoms with Crippen molar-refractivity contribution in [2.75, 3.05) is 7.11 Å². The first kappa shape index (κ1) is 27.5. The van der Waals surface area contributed by atoms with Crippen molar-refractivity contribution < 1.29 is 18.7 Å². The van der Waals surface area contributed by atoms with Gasteiger partial charge in [0.25, 0.3) is 5.91 Å². The SMILES string of the molecule is COc1cc(/C=C2\S/C(=N/N=C\c3cccnc3)N(Cc3ccco3)C2=O)ccc1OCc1ccc(Cl)cc1Cl. The molecule has 5 rings (SSSR count). The van der Waals surface area contributed by atoms with Gasteiger partial charge in [0.15, 0.2) is 16.7 Å². The summed E-state index contributed by atoms with van der Waals surface area (Å²) in [5.41, 5.74) is 2.34. The Kier molecular flexibility index (Phi) is 8.85. The Bertz CT molecular complexity index is 1590. The van der Waals surface area contributed by atoms with Crippen molar-refractivity contribution in [3.63, 3.8) is 0 Å². The molecule has 0 aliphatic carbocycles. The fourth-order valence-corrected chi connectivity index (χ4v) is 5.11. The van der Waals surface area contributed by atoms with Crippen LogP contribution in [0.3, 0.4) is 0 Å². The summed E-state index contributed by atoms with van der Waals surface area (Å²) in [4.78, 5) is 19.5. The summed E-state index contributed by atoms with van der Waals surface area (Å²) in [7, 11) is 1.56. The number of methoxy groups -OCH3 is 1. The van der Waals surface area contributed by atoms with Crippen molar-refractivity contribution in [2.45, 2.75) is 13.2 Å². The Morgan fingerprint density at radius 2 is 1.98 bits per heavy atom. The highest BCUT2D eigenvalue weighted by molar-refractivity contribution is 8.18. The molecule has 40 heavy (non-hydrogen) atoms. The average molecular weight is 593 g/mol. The zero-order valence-corrected chi connectivity index (χ0v) is 23.5. The molecule has 1 saturated heterocycles. The maximum absolute atomic E-state index is 13.4. The normalized spacial score (nSPS) is 15.5. The molecule has 0 atom stereocenters. The molecule has 0 saturated carbocycles. The van der Waals surface area contributed by atoms with E-state index in [1.54, 1.807) is 74.5 Å². The van der Waals surface area contributed by atoms with Crippen LogP contribution in [0.15, 0.2) is 98.8 Å². The number of furan rings is 1. The number of nitrogens with zero attached hydrogens (tertiary/aromatic N) is 4. The molecule has 0 bridgehead atoms. The Morgan fingerprint density at radius 3 is 2.73 bits per heavy atom. The third kappa shape index (κ3) is 6.74. The summed E-state index contributed by atoms with van der Waals surface area (Å²) in [6.45, 7) is 0.461. The quantitative estimate of drug-likeness (QED) is 0.117. The number of aromatic nitrogens is 1. The molecule has 0 unspecified atom stereocenters. The second kappa shape index (κ2) is 12.9. The molecule has 1 aliphatic heterocycles. The van der Waals surface area contributed by atoms with Gasteiger partial charge in [0.1, 0.15) is 12.4 Å². The van der Waals surface area contributed by atoms with E-state index in [9.17, 15) is 4.79 Å². The van der Waals surface area contributed by atoms with Crippen molar-refractivity contribution in [2.24, 2.45) is 10.2 Å². The summed E-state index contributed by atoms with van der Waals surface area (Å²) in [6, 6.07) is 17.9. The van der Waals surface area contributed by atoms with Crippen LogP contribution in [-0.2, 0) is 17.9 Å². The van der Waals surface area contributed by atoms with Crippen LogP contribution >= 0.6 is 35.0 Å². The molecule has 1 aliphatic rings. The Hall–Kier alpha value is -4.05. The van der Waals surface area contributed by atoms with Crippen molar-refractivity contribution in [1.29, 1.82) is 0 Å². The van der Waals surface area contributed by atoms with Gasteiger partial charge in [0, 0.05) is 33.6 Å². The topological polar surface area (TPSA) is 89.5 Å². The third-order valence-electron chi connectivity index (χ3n) is 5.70. The molecule has 1 fully saturated rings. The lowest BCUT2D eigenvalue weighted by Crippen LogP contribution is -2.28. The van der Waals surface area contributed by atoms with E-state index < -0.39 is 0 Å². The van der Waals surface area contributed by atoms with Gasteiger partial charge < -0.3 is 13.9 Å². The molecule has 8 nitrogen and oxygen atoms in total. The first-order chi connectivity index (χ1) is 19.5. The number of halogens is 2. The monoisotopic (exact) mass is 592 g/mol. The van der Waals surface area contributed by atoms with Crippen LogP contribution in [0.5, 0.6) is 11.5 Å². The number of amidine groups is 1. The number of carbonyl (C=O) groups excluding carboxylic acids is 1. The van der Waals surface area contributed by atoms with Gasteiger partial charge >= 0.3 is 0 Å². The zero-order valence-electron chi connectivity index (χ0n) is 21.2. The van der Waals surface area contributed by atoms with Crippen LogP contribution in [0.4, 0.5) is 0 Å². The van der Waals surface area contributed by atoms with E-state index in [0.29, 0.717) is 37.4 Å². The summed E-state index contributed by atoms with van der Waals surface area (Å²) < 4.78 is 17.0. The van der Waals surface area contributed by atoms with E-state index >= 15 is 0 Å². The smallest absolute Gasteiger partial charge is 0.267 e. The standard InChI is InChI=1S/C29H22Cl2N4O4S/c1-37-26-12-19(6-9-25(26)39-18-21-7-8-22(30)14-24(21)31)13-27-28(36)35(17-23-5-3-11-38-23)29(40-27)34-33-16-20-4-2-10-32-15-20/h2-16H,17-18H2,1H3/b27-13-,33-16-,34-29+. The number of hydrogen-bond donors (Lipinski definition) is 0. The molecular weight excluding hydrogens is 571 g/mol. The first-order valence-electron chi connectivity index (χ1n) is 12.0. The number of hydrogen-bond acceptors (Lipinski definition) is 8. The fourth-order valence-electron chi connectivity index (χ4n) is 3.72. The first-order valence-corrected chi connectivity index (χ1v) is 13.6. The van der Waals surface area contributed by atoms with Gasteiger partial charge in [0.05, 0.1) is 31.0 Å². The molecule has 202 valence electrons. The van der Waals surface area contributed by atoms with Crippen LogP contribution in [0.2, 0.25) is 10.0 Å². The summed E-state index contributed by atoms with van der Waals surface area (Å²) in [5, 5.41) is 9.99. The van der Waals surface area contributed by atoms with Gasteiger partial charge in [-0.1, -0.05) is 41.4 Å². The number of thioether (sulfide) groups is 1. The maximum atomic E-state index is 13.4. The van der Waals surface area contributed by atoms with Gasteiger partial charge in [0.2, 0.25) is 0 Å². The number of pyridine rings is 1. The van der Waals surface area contributed by atoms with Crippen molar-refractivity contribution in [1.82, 2.24) is 9.88 Å². The minimum Gasteiger partial charge on any atom is -0.493 e. The molecular formula is C29H22Cl2N4O4S. The summed E-state index contributed by atoms with van der Waals surface area (Å²) >= 11 is 13.5. The Morgan fingerprint density at radius 1 is 1.07 bits per heavy atom. The molecule has 0 spiro atoms. The molecule has 0 N–H and O–H groups in total. The minimum atomic E-state index is -0.214. The van der Waals surface area contributed by atoms with Crippen molar-refractivity contribution in [3.8, 4) is 11.5 Å². The summed E-state index contributed by atoms with van der Waals surface area (Å²) in [5.74, 6) is 1.46. The number of carbonyl (C=O) groups is 1. The van der Waals surface area contributed by atoms with E-state index in [-0.39, 0.29) is 19.1 Å². The van der Waals surface area contributed by atoms with Crippen molar-refractivity contribution in [3.05, 3.63) is 117 Å². The van der Waals surface area contributed by atoms with Crippen LogP contribution in [0.25, 0.3) is 6.08 Å². The van der Waals surface area contributed by atoms with Crippen LogP contribution in [0.1, 0.15) is 22.5 Å². The predicted octanol–water partition coefficient (Wildman–Crippen LogP) is 7.08. The van der Waals surface area contributed by atoms with Crippen LogP contribution in [-0.4, -0.2) is 34.3 Å². The fraction of sp³-hybridized carbons (Fsp3) is 0.103. The largest absolute Gasteiger partial charge is 0.493 e. The number of rotatable bonds is 9. The molecule has 2 aromatic heterocycles. The number of benzene rings is 2. The highest BCUT2D eigenvalue weighted by atomic mass is 35.5. The van der Waals surface area contributed by atoms with Gasteiger partial charge in [-0.25, -0.2) is 0 Å². The molecule has 0 radical (unpaired) electrons. The van der Waals surface area contributed by atoms with Gasteiger partial charge in [-0.2, -0.15) is 5.10 Å². The Balaban J connectivity index is 1.36. The third-order valence-corrected chi connectivity index (χ3v) is 7.28. The van der Waals surface area contributed by atoms with Gasteiger partial charge in [-0.3, -0.25) is 14.7 Å². The van der Waals surface area contributed by atoms with E-state index in [2.05, 4.69) is 15.2 Å². The lowest BCUT2D eigenvalue weighted by molar-refractivity contribution is -0.122. The Labute approximate surface area is 244 Å². The van der Waals surface area contributed by atoms with E-state index in [1.165, 1.54) is 16.7 Å². The lowest BCUT2D eigenvalue weighted by atomic mass is 10.1. The van der Waals surface area contributed by atoms with E-state index in [4.69, 9.17) is 37.1 Å². The minimum absolute atomic E-state index is 0.214.